The third kappa shape index (κ3) is 1.61. The van der Waals surface area contributed by atoms with E-state index < -0.39 is 0 Å². The molecule has 0 heterocycles. The van der Waals surface area contributed by atoms with Crippen LogP contribution in [0.4, 0.5) is 0 Å². The van der Waals surface area contributed by atoms with Gasteiger partial charge in [0.2, 0.25) is 0 Å². The first kappa shape index (κ1) is 11.5. The monoisotopic (exact) mass is 219 g/mol. The van der Waals surface area contributed by atoms with Gasteiger partial charge in [-0.05, 0) is 43.2 Å². The highest BCUT2D eigenvalue weighted by Crippen LogP contribution is 2.46. The molecule has 1 saturated carbocycles. The summed E-state index contributed by atoms with van der Waals surface area (Å²) in [6.45, 7) is 6.22. The van der Waals surface area contributed by atoms with Crippen LogP contribution in [0.1, 0.15) is 55.7 Å². The number of hydrogen-bond acceptors (Lipinski definition) is 2. The molecule has 2 nitrogen and oxygen atoms in total. The van der Waals surface area contributed by atoms with E-state index in [9.17, 15) is 5.11 Å². The maximum absolute atomic E-state index is 10.4. The van der Waals surface area contributed by atoms with Crippen LogP contribution in [0.5, 0.6) is 5.75 Å². The van der Waals surface area contributed by atoms with Crippen molar-refractivity contribution in [3.63, 3.8) is 0 Å². The predicted molar refractivity (Wildman–Crippen MR) is 66.6 cm³/mol. The number of benzene rings is 1. The normalized spacial score (nSPS) is 18.6. The second kappa shape index (κ2) is 3.77. The maximum atomic E-state index is 10.4. The van der Waals surface area contributed by atoms with Gasteiger partial charge in [0.15, 0.2) is 0 Å². The van der Waals surface area contributed by atoms with Crippen LogP contribution in [0.15, 0.2) is 12.1 Å². The van der Waals surface area contributed by atoms with Crippen molar-refractivity contribution in [3.05, 3.63) is 28.8 Å². The summed E-state index contributed by atoms with van der Waals surface area (Å²) < 4.78 is 0. The molecular weight excluding hydrogens is 198 g/mol. The van der Waals surface area contributed by atoms with Crippen LogP contribution in [0.25, 0.3) is 0 Å². The summed E-state index contributed by atoms with van der Waals surface area (Å²) in [4.78, 5) is 0. The Bertz CT molecular complexity index is 405. The Morgan fingerprint density at radius 3 is 2.38 bits per heavy atom. The van der Waals surface area contributed by atoms with Crippen LogP contribution in [0, 0.1) is 6.92 Å². The Hall–Kier alpha value is -1.02. The number of aromatic hydroxyl groups is 1. The number of rotatable bonds is 2. The van der Waals surface area contributed by atoms with Gasteiger partial charge in [-0.1, -0.05) is 26.0 Å². The molecule has 0 radical (unpaired) electrons. The van der Waals surface area contributed by atoms with E-state index in [4.69, 9.17) is 5.73 Å². The molecule has 1 aromatic rings. The van der Waals surface area contributed by atoms with Gasteiger partial charge >= 0.3 is 0 Å². The van der Waals surface area contributed by atoms with E-state index in [1.54, 1.807) is 0 Å². The summed E-state index contributed by atoms with van der Waals surface area (Å²) in [5, 5.41) is 10.4. The number of phenolic OH excluding ortho intramolecular Hbond substituents is 1. The Balaban J connectivity index is 2.55. The second-order valence-electron chi connectivity index (χ2n) is 5.36. The molecule has 3 N–H and O–H groups in total. The van der Waals surface area contributed by atoms with Crippen molar-refractivity contribution in [3.8, 4) is 5.75 Å². The van der Waals surface area contributed by atoms with Crippen LogP contribution in [-0.2, 0) is 5.54 Å². The van der Waals surface area contributed by atoms with Crippen molar-refractivity contribution >= 4 is 0 Å². The molecule has 16 heavy (non-hydrogen) atoms. The summed E-state index contributed by atoms with van der Waals surface area (Å²) in [5.41, 5.74) is 9.16. The van der Waals surface area contributed by atoms with Gasteiger partial charge in [-0.15, -0.1) is 0 Å². The van der Waals surface area contributed by atoms with Gasteiger partial charge in [0, 0.05) is 11.1 Å². The number of phenols is 1. The summed E-state index contributed by atoms with van der Waals surface area (Å²) in [6, 6.07) is 4.10. The van der Waals surface area contributed by atoms with Gasteiger partial charge in [0.25, 0.3) is 0 Å². The Morgan fingerprint density at radius 1 is 1.31 bits per heavy atom. The van der Waals surface area contributed by atoms with Gasteiger partial charge in [0.1, 0.15) is 5.75 Å². The number of aryl methyl sites for hydroxylation is 1. The third-order valence-electron chi connectivity index (χ3n) is 3.78. The highest BCUT2D eigenvalue weighted by molar-refractivity contribution is 5.50. The first-order chi connectivity index (χ1) is 7.46. The molecule has 2 rings (SSSR count). The van der Waals surface area contributed by atoms with Crippen molar-refractivity contribution in [1.82, 2.24) is 0 Å². The zero-order valence-electron chi connectivity index (χ0n) is 10.4. The van der Waals surface area contributed by atoms with Crippen molar-refractivity contribution in [1.29, 1.82) is 0 Å². The molecule has 0 saturated heterocycles. The fraction of sp³-hybridized carbons (Fsp3) is 0.571. The van der Waals surface area contributed by atoms with E-state index in [1.807, 2.05) is 13.0 Å². The minimum Gasteiger partial charge on any atom is -0.507 e. The topological polar surface area (TPSA) is 46.2 Å². The third-order valence-corrected chi connectivity index (χ3v) is 3.78. The molecule has 0 atom stereocenters. The van der Waals surface area contributed by atoms with E-state index >= 15 is 0 Å². The molecule has 0 bridgehead atoms. The Morgan fingerprint density at radius 2 is 1.94 bits per heavy atom. The van der Waals surface area contributed by atoms with Crippen LogP contribution in [0.3, 0.4) is 0 Å². The van der Waals surface area contributed by atoms with Crippen molar-refractivity contribution in [2.75, 3.05) is 0 Å². The number of nitrogens with two attached hydrogens (primary N) is 1. The van der Waals surface area contributed by atoms with Gasteiger partial charge < -0.3 is 10.8 Å². The summed E-state index contributed by atoms with van der Waals surface area (Å²) in [7, 11) is 0. The van der Waals surface area contributed by atoms with Crippen LogP contribution in [0.2, 0.25) is 0 Å². The summed E-state index contributed by atoms with van der Waals surface area (Å²) in [5.74, 6) is 0.764. The van der Waals surface area contributed by atoms with Crippen molar-refractivity contribution in [2.24, 2.45) is 5.73 Å². The molecule has 0 spiro atoms. The molecule has 1 fully saturated rings. The lowest BCUT2D eigenvalue weighted by Crippen LogP contribution is -2.44. The zero-order chi connectivity index (χ0) is 11.9. The van der Waals surface area contributed by atoms with Gasteiger partial charge in [-0.25, -0.2) is 0 Å². The summed E-state index contributed by atoms with van der Waals surface area (Å²) in [6.07, 6.45) is 3.15. The lowest BCUT2D eigenvalue weighted by molar-refractivity contribution is 0.243. The summed E-state index contributed by atoms with van der Waals surface area (Å²) >= 11 is 0. The minimum absolute atomic E-state index is 0.279. The van der Waals surface area contributed by atoms with Gasteiger partial charge in [0.05, 0.1) is 0 Å². The van der Waals surface area contributed by atoms with E-state index in [2.05, 4.69) is 19.9 Å². The van der Waals surface area contributed by atoms with E-state index in [0.717, 1.165) is 29.5 Å². The lowest BCUT2D eigenvalue weighted by Gasteiger charge is -2.40. The van der Waals surface area contributed by atoms with Crippen molar-refractivity contribution in [2.45, 2.75) is 51.5 Å². The molecular formula is C14H21NO. The quantitative estimate of drug-likeness (QED) is 0.802. The fourth-order valence-corrected chi connectivity index (χ4v) is 2.61. The van der Waals surface area contributed by atoms with Crippen LogP contribution in [-0.4, -0.2) is 5.11 Å². The number of hydrogen-bond donors (Lipinski definition) is 2. The molecule has 0 aromatic heterocycles. The lowest BCUT2D eigenvalue weighted by atomic mass is 9.70. The standard InChI is InChI=1S/C14H21NO/c1-9(2)11-6-5-10(3)12(13(11)16)14(15)7-4-8-14/h5-6,9,16H,4,7-8,15H2,1-3H3. The molecule has 0 aliphatic heterocycles. The maximum Gasteiger partial charge on any atom is 0.124 e. The Labute approximate surface area is 97.5 Å². The molecule has 88 valence electrons. The van der Waals surface area contributed by atoms with Crippen molar-refractivity contribution < 1.29 is 5.11 Å². The van der Waals surface area contributed by atoms with E-state index in [0.29, 0.717) is 11.7 Å². The fourth-order valence-electron chi connectivity index (χ4n) is 2.61. The second-order valence-corrected chi connectivity index (χ2v) is 5.36. The SMILES string of the molecule is Cc1ccc(C(C)C)c(O)c1C1(N)CCC1. The first-order valence-electron chi connectivity index (χ1n) is 6.07. The van der Waals surface area contributed by atoms with Crippen LogP contribution < -0.4 is 5.73 Å². The average Bonchev–Trinajstić information content (AvgIpc) is 2.14. The molecule has 1 aliphatic rings. The predicted octanol–water partition coefficient (Wildman–Crippen LogP) is 3.16. The van der Waals surface area contributed by atoms with Gasteiger partial charge in [-0.3, -0.25) is 0 Å². The van der Waals surface area contributed by atoms with Crippen LogP contribution >= 0.6 is 0 Å². The largest absolute Gasteiger partial charge is 0.507 e. The van der Waals surface area contributed by atoms with E-state index in [-0.39, 0.29) is 5.54 Å². The van der Waals surface area contributed by atoms with E-state index in [1.165, 1.54) is 6.42 Å². The van der Waals surface area contributed by atoms with Gasteiger partial charge in [-0.2, -0.15) is 0 Å². The minimum atomic E-state index is -0.279. The highest BCUT2D eigenvalue weighted by Gasteiger charge is 2.38. The molecule has 1 aliphatic carbocycles. The smallest absolute Gasteiger partial charge is 0.124 e. The molecule has 2 heteroatoms. The molecule has 1 aromatic carbocycles. The average molecular weight is 219 g/mol. The Kier molecular flexibility index (Phi) is 2.70. The zero-order valence-corrected chi connectivity index (χ0v) is 10.4. The first-order valence-corrected chi connectivity index (χ1v) is 6.07. The molecule has 0 unspecified atom stereocenters. The highest BCUT2D eigenvalue weighted by atomic mass is 16.3. The molecule has 0 amide bonds.